The van der Waals surface area contributed by atoms with Gasteiger partial charge in [0.05, 0.1) is 6.54 Å². The van der Waals surface area contributed by atoms with E-state index in [9.17, 15) is 9.59 Å². The minimum atomic E-state index is -0.0687. The first-order valence-corrected chi connectivity index (χ1v) is 10.1. The van der Waals surface area contributed by atoms with Crippen LogP contribution in [0.2, 0.25) is 0 Å². The van der Waals surface area contributed by atoms with Crippen molar-refractivity contribution in [1.82, 2.24) is 20.9 Å². The van der Waals surface area contributed by atoms with Crippen LogP contribution in [0.3, 0.4) is 0 Å². The van der Waals surface area contributed by atoms with E-state index in [-0.39, 0.29) is 11.8 Å². The second-order valence-electron chi connectivity index (χ2n) is 7.00. The van der Waals surface area contributed by atoms with Gasteiger partial charge < -0.3 is 20.9 Å². The molecule has 0 aliphatic rings. The van der Waals surface area contributed by atoms with Crippen molar-refractivity contribution in [3.8, 4) is 0 Å². The summed E-state index contributed by atoms with van der Waals surface area (Å²) in [4.78, 5) is 30.0. The van der Waals surface area contributed by atoms with Crippen molar-refractivity contribution < 1.29 is 9.59 Å². The molecule has 7 heteroatoms. The predicted molar refractivity (Wildman–Crippen MR) is 121 cm³/mol. The average molecular weight is 410 g/mol. The van der Waals surface area contributed by atoms with E-state index < -0.39 is 0 Å². The molecule has 0 aromatic heterocycles. The first kappa shape index (κ1) is 22.9. The fraction of sp³-hybridized carbons (Fsp3) is 0.348. The van der Waals surface area contributed by atoms with E-state index in [1.807, 2.05) is 62.4 Å². The Hall–Kier alpha value is -3.35. The van der Waals surface area contributed by atoms with Crippen molar-refractivity contribution in [2.45, 2.75) is 26.9 Å². The van der Waals surface area contributed by atoms with Crippen LogP contribution in [-0.2, 0) is 13.1 Å². The van der Waals surface area contributed by atoms with E-state index >= 15 is 0 Å². The Balaban J connectivity index is 1.96. The maximum Gasteiger partial charge on any atom is 0.253 e. The number of nitrogens with one attached hydrogen (secondary N) is 3. The third-order valence-corrected chi connectivity index (χ3v) is 4.38. The lowest BCUT2D eigenvalue weighted by Crippen LogP contribution is -2.36. The molecule has 0 spiro atoms. The molecule has 3 N–H and O–H groups in total. The summed E-state index contributed by atoms with van der Waals surface area (Å²) in [5.41, 5.74) is 3.39. The smallest absolute Gasteiger partial charge is 0.253 e. The largest absolute Gasteiger partial charge is 0.357 e. The summed E-state index contributed by atoms with van der Waals surface area (Å²) in [7, 11) is 3.48. The molecule has 0 aliphatic heterocycles. The molecule has 0 atom stereocenters. The standard InChI is InChI=1S/C23H31N5O2/c1-5-24-21(29)19-11-7-17(8-12-19)15-26-23(25-6-2)27-16-18-9-13-20(14-10-18)22(30)28(3)4/h7-14H,5-6,15-16H2,1-4H3,(H,24,29)(H2,25,26,27). The van der Waals surface area contributed by atoms with Gasteiger partial charge in [-0.15, -0.1) is 0 Å². The molecule has 2 amide bonds. The summed E-state index contributed by atoms with van der Waals surface area (Å²) >= 11 is 0. The molecule has 7 nitrogen and oxygen atoms in total. The summed E-state index contributed by atoms with van der Waals surface area (Å²) in [5, 5.41) is 9.32. The lowest BCUT2D eigenvalue weighted by Gasteiger charge is -2.13. The van der Waals surface area contributed by atoms with Crippen molar-refractivity contribution in [3.05, 3.63) is 70.8 Å². The Bertz CT molecular complexity index is 858. The van der Waals surface area contributed by atoms with Gasteiger partial charge in [-0.05, 0) is 49.2 Å². The van der Waals surface area contributed by atoms with Crippen LogP contribution in [-0.4, -0.2) is 49.9 Å². The van der Waals surface area contributed by atoms with Gasteiger partial charge in [0.15, 0.2) is 5.96 Å². The van der Waals surface area contributed by atoms with Crippen LogP contribution < -0.4 is 16.0 Å². The zero-order valence-electron chi connectivity index (χ0n) is 18.2. The van der Waals surface area contributed by atoms with Crippen LogP contribution in [0.4, 0.5) is 0 Å². The van der Waals surface area contributed by atoms with Crippen LogP contribution in [0.15, 0.2) is 53.5 Å². The molecular formula is C23H31N5O2. The molecule has 2 rings (SSSR count). The van der Waals surface area contributed by atoms with E-state index in [0.29, 0.717) is 36.7 Å². The molecule has 0 radical (unpaired) electrons. The summed E-state index contributed by atoms with van der Waals surface area (Å²) in [6.45, 7) is 6.36. The molecule has 0 saturated heterocycles. The molecule has 2 aromatic carbocycles. The van der Waals surface area contributed by atoms with Crippen LogP contribution in [0.25, 0.3) is 0 Å². The Morgan fingerprint density at radius 2 is 1.37 bits per heavy atom. The van der Waals surface area contributed by atoms with Gasteiger partial charge in [-0.1, -0.05) is 24.3 Å². The highest BCUT2D eigenvalue weighted by Gasteiger charge is 2.07. The zero-order valence-corrected chi connectivity index (χ0v) is 18.2. The lowest BCUT2D eigenvalue weighted by molar-refractivity contribution is 0.0827. The van der Waals surface area contributed by atoms with Crippen molar-refractivity contribution in [2.75, 3.05) is 27.2 Å². The lowest BCUT2D eigenvalue weighted by atomic mass is 10.1. The number of aliphatic imine (C=N–C) groups is 1. The third-order valence-electron chi connectivity index (χ3n) is 4.38. The van der Waals surface area contributed by atoms with Crippen molar-refractivity contribution in [2.24, 2.45) is 4.99 Å². The fourth-order valence-corrected chi connectivity index (χ4v) is 2.75. The second-order valence-corrected chi connectivity index (χ2v) is 7.00. The predicted octanol–water partition coefficient (Wildman–Crippen LogP) is 2.39. The van der Waals surface area contributed by atoms with E-state index in [1.54, 1.807) is 19.0 Å². The number of hydrogen-bond donors (Lipinski definition) is 3. The molecule has 2 aromatic rings. The quantitative estimate of drug-likeness (QED) is 0.462. The van der Waals surface area contributed by atoms with Crippen LogP contribution >= 0.6 is 0 Å². The third kappa shape index (κ3) is 6.92. The number of rotatable bonds is 8. The SMILES string of the molecule is CCNC(=O)c1ccc(CN=C(NCC)NCc2ccc(C(=O)N(C)C)cc2)cc1. The highest BCUT2D eigenvalue weighted by Crippen LogP contribution is 2.07. The number of amides is 2. The van der Waals surface area contributed by atoms with Gasteiger partial charge in [-0.3, -0.25) is 9.59 Å². The van der Waals surface area contributed by atoms with Gasteiger partial charge in [0.2, 0.25) is 0 Å². The zero-order chi connectivity index (χ0) is 21.9. The van der Waals surface area contributed by atoms with Crippen LogP contribution in [0, 0.1) is 0 Å². The Kier molecular flexibility index (Phi) is 8.87. The molecular weight excluding hydrogens is 378 g/mol. The summed E-state index contributed by atoms with van der Waals surface area (Å²) in [6, 6.07) is 15.0. The van der Waals surface area contributed by atoms with Crippen molar-refractivity contribution >= 4 is 17.8 Å². The molecule has 0 unspecified atom stereocenters. The van der Waals surface area contributed by atoms with Gasteiger partial charge in [-0.2, -0.15) is 0 Å². The molecule has 0 bridgehead atoms. The van der Waals surface area contributed by atoms with E-state index in [0.717, 1.165) is 17.7 Å². The maximum atomic E-state index is 12.0. The summed E-state index contributed by atoms with van der Waals surface area (Å²) in [5.74, 6) is 0.627. The van der Waals surface area contributed by atoms with Gasteiger partial charge in [0.25, 0.3) is 11.8 Å². The van der Waals surface area contributed by atoms with Gasteiger partial charge >= 0.3 is 0 Å². The molecule has 0 fully saturated rings. The molecule has 0 saturated carbocycles. The Labute approximate surface area is 178 Å². The fourth-order valence-electron chi connectivity index (χ4n) is 2.75. The van der Waals surface area contributed by atoms with Crippen LogP contribution in [0.5, 0.6) is 0 Å². The van der Waals surface area contributed by atoms with E-state index in [2.05, 4.69) is 20.9 Å². The van der Waals surface area contributed by atoms with E-state index in [4.69, 9.17) is 0 Å². The van der Waals surface area contributed by atoms with Crippen LogP contribution in [0.1, 0.15) is 45.7 Å². The van der Waals surface area contributed by atoms with Gasteiger partial charge in [-0.25, -0.2) is 4.99 Å². The highest BCUT2D eigenvalue weighted by atomic mass is 16.2. The topological polar surface area (TPSA) is 85.8 Å². The Morgan fingerprint density at radius 3 is 1.93 bits per heavy atom. The average Bonchev–Trinajstić information content (AvgIpc) is 2.76. The molecule has 30 heavy (non-hydrogen) atoms. The number of benzene rings is 2. The minimum absolute atomic E-state index is 0.0115. The summed E-state index contributed by atoms with van der Waals surface area (Å²) < 4.78 is 0. The maximum absolute atomic E-state index is 12.0. The minimum Gasteiger partial charge on any atom is -0.357 e. The number of carbonyl (C=O) groups excluding carboxylic acids is 2. The summed E-state index contributed by atoms with van der Waals surface area (Å²) in [6.07, 6.45) is 0. The molecule has 0 aliphatic carbocycles. The first-order valence-electron chi connectivity index (χ1n) is 10.1. The van der Waals surface area contributed by atoms with Crippen molar-refractivity contribution in [1.29, 1.82) is 0 Å². The monoisotopic (exact) mass is 409 g/mol. The van der Waals surface area contributed by atoms with Gasteiger partial charge in [0.1, 0.15) is 0 Å². The van der Waals surface area contributed by atoms with Gasteiger partial charge in [0, 0.05) is 44.9 Å². The normalized spacial score (nSPS) is 11.0. The number of guanidine groups is 1. The Morgan fingerprint density at radius 1 is 0.800 bits per heavy atom. The first-order chi connectivity index (χ1) is 14.4. The number of carbonyl (C=O) groups is 2. The van der Waals surface area contributed by atoms with Crippen molar-refractivity contribution in [3.63, 3.8) is 0 Å². The number of nitrogens with zero attached hydrogens (tertiary/aromatic N) is 2. The number of hydrogen-bond acceptors (Lipinski definition) is 3. The second kappa shape index (κ2) is 11.6. The highest BCUT2D eigenvalue weighted by molar-refractivity contribution is 5.94. The van der Waals surface area contributed by atoms with E-state index in [1.165, 1.54) is 0 Å². The molecule has 0 heterocycles. The molecule has 160 valence electrons.